The van der Waals surface area contributed by atoms with Crippen LogP contribution in [0.3, 0.4) is 0 Å². The Kier molecular flexibility index (Phi) is 7.31. The fraction of sp³-hybridized carbons (Fsp3) is 0.300. The number of hydrogen-bond donors (Lipinski definition) is 2. The van der Waals surface area contributed by atoms with E-state index in [0.29, 0.717) is 13.1 Å². The Bertz CT molecular complexity index is 1250. The summed E-state index contributed by atoms with van der Waals surface area (Å²) in [7, 11) is 0. The lowest BCUT2D eigenvalue weighted by Gasteiger charge is -2.57. The minimum absolute atomic E-state index is 0.0193. The van der Waals surface area contributed by atoms with E-state index in [-0.39, 0.29) is 36.3 Å². The highest BCUT2D eigenvalue weighted by atomic mass is 19.1. The van der Waals surface area contributed by atoms with Crippen molar-refractivity contribution in [2.24, 2.45) is 0 Å². The number of para-hydroxylation sites is 1. The molecular weight excluding hydrogens is 453 g/mol. The zero-order valence-corrected chi connectivity index (χ0v) is 20.1. The fourth-order valence-electron chi connectivity index (χ4n) is 5.34. The van der Waals surface area contributed by atoms with Gasteiger partial charge in [-0.25, -0.2) is 9.18 Å². The van der Waals surface area contributed by atoms with E-state index in [1.165, 1.54) is 6.07 Å². The van der Waals surface area contributed by atoms with Gasteiger partial charge in [-0.2, -0.15) is 0 Å². The van der Waals surface area contributed by atoms with Gasteiger partial charge in [-0.3, -0.25) is 4.90 Å². The van der Waals surface area contributed by atoms with Gasteiger partial charge in [0.1, 0.15) is 5.82 Å². The Labute approximate surface area is 211 Å². The molecule has 3 aromatic rings. The number of fused-ring (bicyclic) bond motifs is 1. The van der Waals surface area contributed by atoms with E-state index < -0.39 is 5.82 Å². The van der Waals surface area contributed by atoms with Crippen molar-refractivity contribution in [3.63, 3.8) is 0 Å². The first kappa shape index (κ1) is 24.1. The Morgan fingerprint density at radius 1 is 0.917 bits per heavy atom. The zero-order valence-electron chi connectivity index (χ0n) is 20.1. The average molecular weight is 484 g/mol. The van der Waals surface area contributed by atoms with Crippen LogP contribution in [0.1, 0.15) is 35.4 Å². The van der Waals surface area contributed by atoms with E-state index in [2.05, 4.69) is 34.2 Å². The molecule has 0 spiro atoms. The molecule has 5 rings (SSSR count). The smallest absolute Gasteiger partial charge is 0.321 e. The number of carbonyl (C=O) groups excluding carboxylic acids is 1. The highest BCUT2D eigenvalue weighted by molar-refractivity contribution is 5.89. The van der Waals surface area contributed by atoms with Gasteiger partial charge in [0.15, 0.2) is 0 Å². The number of nitrogens with one attached hydrogen (secondary N) is 1. The largest absolute Gasteiger partial charge is 0.395 e. The SMILES string of the molecule is O=C(Nc1ccccc1F)N1CCCCN2[C@H](C1)[C@H](c1ccc(C#Cc3ccccc3)cc1)[C@@H]2CO. The summed E-state index contributed by atoms with van der Waals surface area (Å²) in [6, 6.07) is 24.1. The summed E-state index contributed by atoms with van der Waals surface area (Å²) in [4.78, 5) is 17.2. The van der Waals surface area contributed by atoms with Gasteiger partial charge in [0.25, 0.3) is 0 Å². The van der Waals surface area contributed by atoms with Crippen molar-refractivity contribution < 1.29 is 14.3 Å². The average Bonchev–Trinajstić information content (AvgIpc) is 2.89. The third-order valence-electron chi connectivity index (χ3n) is 7.19. The van der Waals surface area contributed by atoms with Crippen molar-refractivity contribution in [1.82, 2.24) is 9.80 Å². The number of amides is 2. The van der Waals surface area contributed by atoms with E-state index in [9.17, 15) is 14.3 Å². The van der Waals surface area contributed by atoms with Crippen LogP contribution in [0.4, 0.5) is 14.9 Å². The molecule has 2 N–H and O–H groups in total. The Balaban J connectivity index is 1.32. The van der Waals surface area contributed by atoms with Gasteiger partial charge < -0.3 is 15.3 Å². The predicted molar refractivity (Wildman–Crippen MR) is 139 cm³/mol. The Morgan fingerprint density at radius 3 is 2.31 bits per heavy atom. The molecule has 2 amide bonds. The first-order valence-electron chi connectivity index (χ1n) is 12.5. The van der Waals surface area contributed by atoms with Crippen molar-refractivity contribution >= 4 is 11.7 Å². The number of halogens is 1. The minimum atomic E-state index is -0.447. The number of anilines is 1. The van der Waals surface area contributed by atoms with Gasteiger partial charge in [-0.15, -0.1) is 0 Å². The summed E-state index contributed by atoms with van der Waals surface area (Å²) in [5.41, 5.74) is 3.23. The van der Waals surface area contributed by atoms with Gasteiger partial charge in [-0.1, -0.05) is 54.3 Å². The molecule has 6 heteroatoms. The van der Waals surface area contributed by atoms with Crippen molar-refractivity contribution in [3.05, 3.63) is 101 Å². The molecule has 2 aliphatic heterocycles. The van der Waals surface area contributed by atoms with Crippen LogP contribution in [0.25, 0.3) is 0 Å². The number of aliphatic hydroxyl groups excluding tert-OH is 1. The van der Waals surface area contributed by atoms with Crippen LogP contribution in [-0.4, -0.2) is 59.3 Å². The molecule has 2 heterocycles. The van der Waals surface area contributed by atoms with Crippen LogP contribution >= 0.6 is 0 Å². The molecule has 0 unspecified atom stereocenters. The standard InChI is InChI=1S/C30H30FN3O2/c31-25-10-4-5-11-26(25)32-30(36)33-18-6-7-19-34-27(20-33)29(28(34)21-35)24-16-14-23(15-17-24)13-12-22-8-2-1-3-9-22/h1-5,8-11,14-17,27-29,35H,6-7,18-21H2,(H,32,36)/t27-,28+,29+/m1/s1. The first-order valence-corrected chi connectivity index (χ1v) is 12.5. The lowest BCUT2D eigenvalue weighted by molar-refractivity contribution is -0.0585. The normalized spacial score (nSPS) is 21.7. The lowest BCUT2D eigenvalue weighted by Crippen LogP contribution is -2.68. The third-order valence-corrected chi connectivity index (χ3v) is 7.19. The molecule has 0 radical (unpaired) electrons. The summed E-state index contributed by atoms with van der Waals surface area (Å²) in [5, 5.41) is 12.9. The predicted octanol–water partition coefficient (Wildman–Crippen LogP) is 4.68. The monoisotopic (exact) mass is 483 g/mol. The van der Waals surface area contributed by atoms with Crippen LogP contribution in [0, 0.1) is 17.7 Å². The van der Waals surface area contributed by atoms with Crippen LogP contribution in [0.5, 0.6) is 0 Å². The molecule has 184 valence electrons. The second kappa shape index (κ2) is 10.9. The summed E-state index contributed by atoms with van der Waals surface area (Å²) < 4.78 is 14.1. The highest BCUT2D eigenvalue weighted by Crippen LogP contribution is 2.42. The molecule has 0 aliphatic carbocycles. The molecule has 2 fully saturated rings. The summed E-state index contributed by atoms with van der Waals surface area (Å²) in [5.74, 6) is 6.05. The maximum atomic E-state index is 14.1. The molecule has 5 nitrogen and oxygen atoms in total. The summed E-state index contributed by atoms with van der Waals surface area (Å²) >= 11 is 0. The third kappa shape index (κ3) is 5.13. The van der Waals surface area contributed by atoms with Gasteiger partial charge in [0.05, 0.1) is 12.3 Å². The van der Waals surface area contributed by atoms with E-state index in [1.54, 1.807) is 23.1 Å². The maximum absolute atomic E-state index is 14.1. The van der Waals surface area contributed by atoms with Crippen LogP contribution < -0.4 is 5.32 Å². The minimum Gasteiger partial charge on any atom is -0.395 e. The fourth-order valence-corrected chi connectivity index (χ4v) is 5.34. The molecule has 36 heavy (non-hydrogen) atoms. The Hall–Kier alpha value is -3.66. The van der Waals surface area contributed by atoms with Crippen molar-refractivity contribution in [1.29, 1.82) is 0 Å². The second-order valence-electron chi connectivity index (χ2n) is 9.38. The maximum Gasteiger partial charge on any atom is 0.321 e. The zero-order chi connectivity index (χ0) is 24.9. The number of aliphatic hydroxyl groups is 1. The molecule has 0 saturated carbocycles. The van der Waals surface area contributed by atoms with Gasteiger partial charge in [0, 0.05) is 42.2 Å². The molecular formula is C30H30FN3O2. The summed E-state index contributed by atoms with van der Waals surface area (Å²) in [6.07, 6.45) is 1.81. The van der Waals surface area contributed by atoms with Crippen molar-refractivity contribution in [3.8, 4) is 11.8 Å². The van der Waals surface area contributed by atoms with Gasteiger partial charge in [0.2, 0.25) is 0 Å². The number of nitrogens with zero attached hydrogens (tertiary/aromatic N) is 2. The number of urea groups is 1. The molecule has 3 atom stereocenters. The summed E-state index contributed by atoms with van der Waals surface area (Å²) in [6.45, 7) is 2.11. The van der Waals surface area contributed by atoms with E-state index >= 15 is 0 Å². The van der Waals surface area contributed by atoms with Crippen LogP contribution in [-0.2, 0) is 0 Å². The van der Waals surface area contributed by atoms with Crippen molar-refractivity contribution in [2.75, 3.05) is 31.6 Å². The highest BCUT2D eigenvalue weighted by Gasteiger charge is 2.49. The van der Waals surface area contributed by atoms with Gasteiger partial charge >= 0.3 is 6.03 Å². The number of rotatable bonds is 3. The Morgan fingerprint density at radius 2 is 1.58 bits per heavy atom. The molecule has 0 bridgehead atoms. The number of hydrogen-bond acceptors (Lipinski definition) is 3. The van der Waals surface area contributed by atoms with E-state index in [1.807, 2.05) is 42.5 Å². The number of carbonyl (C=O) groups is 1. The topological polar surface area (TPSA) is 55.8 Å². The van der Waals surface area contributed by atoms with Gasteiger partial charge in [-0.05, 0) is 61.3 Å². The first-order chi connectivity index (χ1) is 17.6. The molecule has 0 aromatic heterocycles. The van der Waals surface area contributed by atoms with Crippen LogP contribution in [0.15, 0.2) is 78.9 Å². The lowest BCUT2D eigenvalue weighted by atomic mass is 9.74. The molecule has 2 aliphatic rings. The van der Waals surface area contributed by atoms with E-state index in [0.717, 1.165) is 36.1 Å². The molecule has 3 aromatic carbocycles. The second-order valence-corrected chi connectivity index (χ2v) is 9.38. The van der Waals surface area contributed by atoms with Crippen molar-refractivity contribution in [2.45, 2.75) is 30.8 Å². The van der Waals surface area contributed by atoms with Crippen LogP contribution in [0.2, 0.25) is 0 Å². The quantitative estimate of drug-likeness (QED) is 0.532. The number of benzene rings is 3. The van der Waals surface area contributed by atoms with E-state index in [4.69, 9.17) is 0 Å². The molecule has 2 saturated heterocycles.